The highest BCUT2D eigenvalue weighted by Gasteiger charge is 2.78. The number of rotatable bonds is 1. The second-order valence-corrected chi connectivity index (χ2v) is 8.11. The predicted octanol–water partition coefficient (Wildman–Crippen LogP) is 4.02. The fourth-order valence-corrected chi connectivity index (χ4v) is 5.85. The van der Waals surface area contributed by atoms with Crippen molar-refractivity contribution in [3.8, 4) is 5.69 Å². The minimum Gasteiger partial charge on any atom is -0.284 e. The molecule has 2 fully saturated rings. The Morgan fingerprint density at radius 3 is 2.77 bits per heavy atom. The van der Waals surface area contributed by atoms with Gasteiger partial charge >= 0.3 is 0 Å². The van der Waals surface area contributed by atoms with Gasteiger partial charge < -0.3 is 0 Å². The number of hydrogen-bond acceptors (Lipinski definition) is 1. The molecule has 2 bridgehead atoms. The normalized spacial score (nSPS) is 33.9. The second kappa shape index (κ2) is 3.65. The molecule has 3 aliphatic rings. The van der Waals surface area contributed by atoms with E-state index in [2.05, 4.69) is 6.92 Å². The van der Waals surface area contributed by atoms with Crippen molar-refractivity contribution in [3.05, 3.63) is 49.9 Å². The maximum Gasteiger partial charge on any atom is 0.275 e. The predicted molar refractivity (Wildman–Crippen MR) is 87.4 cm³/mol. The average molecular weight is 335 g/mol. The van der Waals surface area contributed by atoms with Crippen LogP contribution in [0.1, 0.15) is 43.4 Å². The van der Waals surface area contributed by atoms with Crippen LogP contribution in [0.25, 0.3) is 5.69 Å². The fourth-order valence-electron chi connectivity index (χ4n) is 5.48. The van der Waals surface area contributed by atoms with Crippen molar-refractivity contribution in [2.75, 3.05) is 0 Å². The molecule has 3 atom stereocenters. The van der Waals surface area contributed by atoms with E-state index in [-0.39, 0.29) is 11.0 Å². The number of aromatic nitrogens is 2. The average Bonchev–Trinajstić information content (AvgIpc) is 2.72. The Labute approximate surface area is 138 Å². The first-order valence-electron chi connectivity index (χ1n) is 7.68. The van der Waals surface area contributed by atoms with E-state index in [9.17, 15) is 4.79 Å². The lowest BCUT2D eigenvalue weighted by Crippen LogP contribution is -2.24. The van der Waals surface area contributed by atoms with Gasteiger partial charge in [0.1, 0.15) is 0 Å². The van der Waals surface area contributed by atoms with Gasteiger partial charge in [0.25, 0.3) is 5.56 Å². The zero-order valence-electron chi connectivity index (χ0n) is 12.5. The van der Waals surface area contributed by atoms with E-state index in [0.717, 1.165) is 12.0 Å². The van der Waals surface area contributed by atoms with Gasteiger partial charge in [-0.2, -0.15) is 0 Å². The summed E-state index contributed by atoms with van der Waals surface area (Å²) in [5.41, 5.74) is 3.59. The van der Waals surface area contributed by atoms with Crippen LogP contribution in [0.15, 0.2) is 23.0 Å². The molecule has 114 valence electrons. The molecule has 0 N–H and O–H groups in total. The fraction of sp³-hybridized carbons (Fsp3) is 0.471. The molecule has 1 unspecified atom stereocenters. The molecule has 3 nitrogen and oxygen atoms in total. The molecular formula is C17H16Cl2N2O. The molecule has 0 saturated heterocycles. The monoisotopic (exact) mass is 334 g/mol. The molecule has 1 heterocycles. The van der Waals surface area contributed by atoms with Crippen LogP contribution >= 0.6 is 23.2 Å². The van der Waals surface area contributed by atoms with Gasteiger partial charge in [0.2, 0.25) is 0 Å². The third-order valence-corrected chi connectivity index (χ3v) is 7.06. The minimum atomic E-state index is 0.0826. The minimum absolute atomic E-state index is 0.0826. The number of fused-ring (bicyclic) bond motifs is 2. The Morgan fingerprint density at radius 2 is 2.09 bits per heavy atom. The SMILES string of the molecule is Cn1c2c(c(=O)n1-c1cc(Cl)ccc1Cl)[C@H]1CC[C@@]23CC13C. The molecule has 2 aromatic rings. The van der Waals surface area contributed by atoms with Crippen molar-refractivity contribution in [1.29, 1.82) is 0 Å². The molecule has 3 aliphatic carbocycles. The number of nitrogens with zero attached hydrogens (tertiary/aromatic N) is 2. The highest BCUT2D eigenvalue weighted by Crippen LogP contribution is 2.83. The van der Waals surface area contributed by atoms with Gasteiger partial charge in [0.05, 0.1) is 16.4 Å². The van der Waals surface area contributed by atoms with Crippen LogP contribution in [-0.2, 0) is 12.5 Å². The third kappa shape index (κ3) is 1.19. The standard InChI is InChI=1S/C17H16Cl2N2O/c1-16-8-17(16)6-5-10(16)13-14(17)20(2)21(15(13)22)12-7-9(18)3-4-11(12)19/h3-4,7,10H,5-6,8H2,1-2H3/t10-,16?,17-/m1/s1. The molecule has 0 aliphatic heterocycles. The lowest BCUT2D eigenvalue weighted by Gasteiger charge is -2.19. The molecule has 5 rings (SSSR count). The van der Waals surface area contributed by atoms with Crippen LogP contribution in [0.2, 0.25) is 10.0 Å². The summed E-state index contributed by atoms with van der Waals surface area (Å²) in [7, 11) is 1.98. The molecule has 5 heteroatoms. The summed E-state index contributed by atoms with van der Waals surface area (Å²) in [6.07, 6.45) is 3.58. The van der Waals surface area contributed by atoms with E-state index in [0.29, 0.717) is 27.1 Å². The molecule has 2 saturated carbocycles. The Morgan fingerprint density at radius 1 is 1.32 bits per heavy atom. The van der Waals surface area contributed by atoms with E-state index in [4.69, 9.17) is 23.2 Å². The summed E-state index contributed by atoms with van der Waals surface area (Å²) in [5.74, 6) is 0.417. The molecule has 0 spiro atoms. The van der Waals surface area contributed by atoms with Crippen LogP contribution < -0.4 is 5.56 Å². The summed E-state index contributed by atoms with van der Waals surface area (Å²) in [5, 5.41) is 1.14. The van der Waals surface area contributed by atoms with Crippen molar-refractivity contribution < 1.29 is 0 Å². The molecule has 0 radical (unpaired) electrons. The van der Waals surface area contributed by atoms with Gasteiger partial charge in [-0.3, -0.25) is 9.48 Å². The molecule has 1 aromatic heterocycles. The Bertz CT molecular complexity index is 908. The van der Waals surface area contributed by atoms with E-state index in [1.807, 2.05) is 11.7 Å². The van der Waals surface area contributed by atoms with Gasteiger partial charge in [-0.1, -0.05) is 30.1 Å². The Hall–Kier alpha value is -1.19. The quantitative estimate of drug-likeness (QED) is 0.773. The molecule has 0 amide bonds. The largest absolute Gasteiger partial charge is 0.284 e. The third-order valence-electron chi connectivity index (χ3n) is 6.51. The highest BCUT2D eigenvalue weighted by molar-refractivity contribution is 6.34. The van der Waals surface area contributed by atoms with E-state index >= 15 is 0 Å². The first-order chi connectivity index (χ1) is 10.4. The van der Waals surface area contributed by atoms with E-state index in [1.54, 1.807) is 22.9 Å². The molecular weight excluding hydrogens is 319 g/mol. The van der Waals surface area contributed by atoms with Gasteiger partial charge in [-0.25, -0.2) is 4.68 Å². The van der Waals surface area contributed by atoms with Gasteiger partial charge in [0, 0.05) is 23.0 Å². The van der Waals surface area contributed by atoms with Crippen LogP contribution in [0, 0.1) is 5.41 Å². The summed E-state index contributed by atoms with van der Waals surface area (Å²) in [6, 6.07) is 5.26. The van der Waals surface area contributed by atoms with E-state index in [1.165, 1.54) is 18.5 Å². The van der Waals surface area contributed by atoms with Crippen LogP contribution in [0.4, 0.5) is 0 Å². The van der Waals surface area contributed by atoms with Gasteiger partial charge in [0.15, 0.2) is 0 Å². The number of hydrogen-bond donors (Lipinski definition) is 0. The smallest absolute Gasteiger partial charge is 0.275 e. The maximum absolute atomic E-state index is 13.1. The first kappa shape index (κ1) is 13.3. The van der Waals surface area contributed by atoms with Crippen molar-refractivity contribution >= 4 is 23.2 Å². The van der Waals surface area contributed by atoms with Crippen molar-refractivity contribution in [1.82, 2.24) is 9.36 Å². The highest BCUT2D eigenvalue weighted by atomic mass is 35.5. The molecule has 1 aromatic carbocycles. The van der Waals surface area contributed by atoms with Gasteiger partial charge in [-0.05, 0) is 48.8 Å². The number of benzene rings is 1. The first-order valence-corrected chi connectivity index (χ1v) is 8.44. The maximum atomic E-state index is 13.1. The summed E-state index contributed by atoms with van der Waals surface area (Å²) < 4.78 is 3.73. The van der Waals surface area contributed by atoms with Gasteiger partial charge in [-0.15, -0.1) is 0 Å². The lowest BCUT2D eigenvalue weighted by molar-refractivity contribution is 0.470. The Kier molecular flexibility index (Phi) is 2.20. The zero-order valence-corrected chi connectivity index (χ0v) is 14.0. The van der Waals surface area contributed by atoms with Crippen LogP contribution in [0.3, 0.4) is 0 Å². The second-order valence-electron chi connectivity index (χ2n) is 7.27. The van der Waals surface area contributed by atoms with Crippen LogP contribution in [0.5, 0.6) is 0 Å². The topological polar surface area (TPSA) is 26.9 Å². The Balaban J connectivity index is 1.83. The van der Waals surface area contributed by atoms with Crippen LogP contribution in [-0.4, -0.2) is 9.36 Å². The summed E-state index contributed by atoms with van der Waals surface area (Å²) >= 11 is 12.4. The summed E-state index contributed by atoms with van der Waals surface area (Å²) in [4.78, 5) is 13.1. The number of halogens is 2. The van der Waals surface area contributed by atoms with Crippen molar-refractivity contribution in [2.45, 2.75) is 37.5 Å². The molecule has 22 heavy (non-hydrogen) atoms. The van der Waals surface area contributed by atoms with Crippen molar-refractivity contribution in [3.63, 3.8) is 0 Å². The zero-order chi connectivity index (χ0) is 15.4. The van der Waals surface area contributed by atoms with E-state index < -0.39 is 0 Å². The van der Waals surface area contributed by atoms with Crippen molar-refractivity contribution in [2.24, 2.45) is 12.5 Å². The summed E-state index contributed by atoms with van der Waals surface area (Å²) in [6.45, 7) is 2.35. The lowest BCUT2D eigenvalue weighted by atomic mass is 9.86.